The summed E-state index contributed by atoms with van der Waals surface area (Å²) in [6, 6.07) is 7.32. The molecule has 0 heterocycles. The number of anilines is 1. The zero-order chi connectivity index (χ0) is 15.7. The Hall–Kier alpha value is -1.69. The molecule has 21 heavy (non-hydrogen) atoms. The second-order valence-corrected chi connectivity index (χ2v) is 5.63. The number of unbranched alkanes of at least 4 members (excludes halogenated alkanes) is 1. The normalized spacial score (nSPS) is 11.1. The summed E-state index contributed by atoms with van der Waals surface area (Å²) in [4.78, 5) is 23.2. The van der Waals surface area contributed by atoms with E-state index in [1.54, 1.807) is 19.1 Å². The van der Waals surface area contributed by atoms with Gasteiger partial charge in [0.25, 0.3) is 0 Å². The molecule has 1 rings (SSSR count). The summed E-state index contributed by atoms with van der Waals surface area (Å²) >= 11 is 3.33. The maximum Gasteiger partial charge on any atom is 0.240 e. The predicted molar refractivity (Wildman–Crippen MR) is 88.2 cm³/mol. The van der Waals surface area contributed by atoms with Crippen LogP contribution in [0.2, 0.25) is 0 Å². The minimum Gasteiger partial charge on any atom is -0.326 e. The molecular formula is C15H20BrN3O2. The van der Waals surface area contributed by atoms with Crippen LogP contribution in [0.25, 0.3) is 0 Å². The molecule has 0 fully saturated rings. The number of amides is 2. The van der Waals surface area contributed by atoms with Gasteiger partial charge >= 0.3 is 0 Å². The Morgan fingerprint density at radius 3 is 2.48 bits per heavy atom. The zero-order valence-electron chi connectivity index (χ0n) is 12.3. The number of carbonyl (C=O) groups excluding carboxylic acids is 2. The quantitative estimate of drug-likeness (QED) is 0.582. The van der Waals surface area contributed by atoms with E-state index in [0.29, 0.717) is 12.1 Å². The summed E-state index contributed by atoms with van der Waals surface area (Å²) in [5, 5.41) is 6.69. The fourth-order valence-corrected chi connectivity index (χ4v) is 1.83. The van der Waals surface area contributed by atoms with Crippen molar-refractivity contribution in [2.75, 3.05) is 5.32 Å². The summed E-state index contributed by atoms with van der Waals surface area (Å²) in [6.07, 6.45) is 2.40. The number of hydrogen-bond acceptors (Lipinski definition) is 3. The highest BCUT2D eigenvalue weighted by Crippen LogP contribution is 2.14. The maximum absolute atomic E-state index is 11.8. The van der Waals surface area contributed by atoms with Crippen molar-refractivity contribution in [2.24, 2.45) is 5.10 Å². The van der Waals surface area contributed by atoms with Crippen molar-refractivity contribution < 1.29 is 9.59 Å². The van der Waals surface area contributed by atoms with Crippen molar-refractivity contribution in [2.45, 2.75) is 39.5 Å². The Bertz CT molecular complexity index is 512. The molecule has 1 aromatic rings. The van der Waals surface area contributed by atoms with Crippen LogP contribution in [0.5, 0.6) is 0 Å². The number of carbonyl (C=O) groups is 2. The average Bonchev–Trinajstić information content (AvgIpc) is 2.45. The number of nitrogens with one attached hydrogen (secondary N) is 2. The molecule has 0 aliphatic heterocycles. The zero-order valence-corrected chi connectivity index (χ0v) is 13.9. The highest BCUT2D eigenvalue weighted by molar-refractivity contribution is 9.10. The molecule has 0 unspecified atom stereocenters. The summed E-state index contributed by atoms with van der Waals surface area (Å²) in [5.74, 6) is -0.286. The van der Waals surface area contributed by atoms with Crippen molar-refractivity contribution in [3.63, 3.8) is 0 Å². The minimum absolute atomic E-state index is 0.121. The first-order valence-corrected chi connectivity index (χ1v) is 7.68. The van der Waals surface area contributed by atoms with Crippen molar-refractivity contribution in [3.05, 3.63) is 28.7 Å². The van der Waals surface area contributed by atoms with Gasteiger partial charge in [-0.25, -0.2) is 5.43 Å². The Kier molecular flexibility index (Phi) is 7.68. The summed E-state index contributed by atoms with van der Waals surface area (Å²) < 4.78 is 0.952. The van der Waals surface area contributed by atoms with E-state index < -0.39 is 0 Å². The smallest absolute Gasteiger partial charge is 0.240 e. The lowest BCUT2D eigenvalue weighted by Gasteiger charge is -2.05. The molecule has 0 aliphatic rings. The number of hydrogen-bond donors (Lipinski definition) is 2. The van der Waals surface area contributed by atoms with Gasteiger partial charge < -0.3 is 5.32 Å². The largest absolute Gasteiger partial charge is 0.326 e. The van der Waals surface area contributed by atoms with Gasteiger partial charge in [0.05, 0.1) is 6.42 Å². The van der Waals surface area contributed by atoms with E-state index in [1.165, 1.54) is 0 Å². The molecule has 2 N–H and O–H groups in total. The summed E-state index contributed by atoms with van der Waals surface area (Å²) in [7, 11) is 0. The van der Waals surface area contributed by atoms with Crippen molar-refractivity contribution in [3.8, 4) is 0 Å². The first kappa shape index (κ1) is 17.4. The highest BCUT2D eigenvalue weighted by Gasteiger charge is 2.05. The van der Waals surface area contributed by atoms with E-state index in [2.05, 4.69) is 31.8 Å². The van der Waals surface area contributed by atoms with Gasteiger partial charge in [-0.1, -0.05) is 29.3 Å². The van der Waals surface area contributed by atoms with Gasteiger partial charge in [0, 0.05) is 22.3 Å². The van der Waals surface area contributed by atoms with Crippen LogP contribution in [0, 0.1) is 0 Å². The van der Waals surface area contributed by atoms with Crippen LogP contribution in [-0.2, 0) is 9.59 Å². The first-order valence-electron chi connectivity index (χ1n) is 6.88. The second-order valence-electron chi connectivity index (χ2n) is 4.72. The van der Waals surface area contributed by atoms with E-state index in [-0.39, 0.29) is 18.2 Å². The molecule has 1 aromatic carbocycles. The van der Waals surface area contributed by atoms with Crippen molar-refractivity contribution >= 4 is 39.1 Å². The van der Waals surface area contributed by atoms with Gasteiger partial charge in [-0.2, -0.15) is 5.10 Å². The monoisotopic (exact) mass is 353 g/mol. The SMILES string of the molecule is CCCCC(=O)N/N=C(/C)CC(=O)Nc1ccc(Br)cc1. The molecule has 0 saturated heterocycles. The molecule has 5 nitrogen and oxygen atoms in total. The third-order valence-electron chi connectivity index (χ3n) is 2.67. The number of halogens is 1. The predicted octanol–water partition coefficient (Wildman–Crippen LogP) is 3.46. The topological polar surface area (TPSA) is 70.6 Å². The molecule has 0 spiro atoms. The van der Waals surface area contributed by atoms with Crippen LogP contribution in [0.4, 0.5) is 5.69 Å². The van der Waals surface area contributed by atoms with E-state index in [0.717, 1.165) is 23.0 Å². The molecule has 2 amide bonds. The highest BCUT2D eigenvalue weighted by atomic mass is 79.9. The van der Waals surface area contributed by atoms with E-state index >= 15 is 0 Å². The van der Waals surface area contributed by atoms with E-state index in [4.69, 9.17) is 0 Å². The molecule has 0 atom stereocenters. The first-order chi connectivity index (χ1) is 10.0. The standard InChI is InChI=1S/C15H20BrN3O2/c1-3-4-5-14(20)19-18-11(2)10-15(21)17-13-8-6-12(16)7-9-13/h6-9H,3-5,10H2,1-2H3,(H,17,21)(H,19,20)/b18-11-. The Labute approximate surface area is 133 Å². The summed E-state index contributed by atoms with van der Waals surface area (Å²) in [6.45, 7) is 3.73. The van der Waals surface area contributed by atoms with Crippen LogP contribution in [0.15, 0.2) is 33.8 Å². The summed E-state index contributed by atoms with van der Waals surface area (Å²) in [5.41, 5.74) is 3.75. The van der Waals surface area contributed by atoms with Crippen LogP contribution < -0.4 is 10.7 Å². The molecule has 0 aromatic heterocycles. The minimum atomic E-state index is -0.165. The van der Waals surface area contributed by atoms with Crippen LogP contribution >= 0.6 is 15.9 Å². The van der Waals surface area contributed by atoms with Crippen LogP contribution in [-0.4, -0.2) is 17.5 Å². The molecule has 114 valence electrons. The lowest BCUT2D eigenvalue weighted by atomic mass is 10.2. The maximum atomic E-state index is 11.8. The molecule has 0 saturated carbocycles. The third-order valence-corrected chi connectivity index (χ3v) is 3.20. The molecule has 0 aliphatic carbocycles. The number of rotatable bonds is 7. The van der Waals surface area contributed by atoms with Crippen LogP contribution in [0.3, 0.4) is 0 Å². The van der Waals surface area contributed by atoms with Gasteiger partial charge in [0.1, 0.15) is 0 Å². The van der Waals surface area contributed by atoms with Gasteiger partial charge in [0.2, 0.25) is 11.8 Å². The Morgan fingerprint density at radius 1 is 1.19 bits per heavy atom. The Morgan fingerprint density at radius 2 is 1.86 bits per heavy atom. The fourth-order valence-electron chi connectivity index (χ4n) is 1.56. The molecule has 0 radical (unpaired) electrons. The lowest BCUT2D eigenvalue weighted by molar-refractivity contribution is -0.121. The van der Waals surface area contributed by atoms with Gasteiger partial charge in [0.15, 0.2) is 0 Å². The van der Waals surface area contributed by atoms with Crippen molar-refractivity contribution in [1.82, 2.24) is 5.43 Å². The fraction of sp³-hybridized carbons (Fsp3) is 0.400. The number of benzene rings is 1. The van der Waals surface area contributed by atoms with Crippen molar-refractivity contribution in [1.29, 1.82) is 0 Å². The third kappa shape index (κ3) is 7.60. The number of nitrogens with zero attached hydrogens (tertiary/aromatic N) is 1. The van der Waals surface area contributed by atoms with Gasteiger partial charge in [-0.3, -0.25) is 9.59 Å². The van der Waals surface area contributed by atoms with Crippen LogP contribution in [0.1, 0.15) is 39.5 Å². The van der Waals surface area contributed by atoms with E-state index in [1.807, 2.05) is 19.1 Å². The Balaban J connectivity index is 2.39. The molecule has 0 bridgehead atoms. The van der Waals surface area contributed by atoms with Gasteiger partial charge in [-0.05, 0) is 37.6 Å². The molecule has 6 heteroatoms. The van der Waals surface area contributed by atoms with E-state index in [9.17, 15) is 9.59 Å². The average molecular weight is 354 g/mol. The lowest BCUT2D eigenvalue weighted by Crippen LogP contribution is -2.21. The number of hydrazone groups is 1. The second kappa shape index (κ2) is 9.28. The molecular weight excluding hydrogens is 334 g/mol. The van der Waals surface area contributed by atoms with Gasteiger partial charge in [-0.15, -0.1) is 0 Å².